The number of H-pyrrole nitrogens is 2. The molecule has 0 saturated carbocycles. The number of aromatic nitrogens is 5. The molecule has 75 heavy (non-hydrogen) atoms. The molecule has 26 nitrogen and oxygen atoms in total. The second-order valence-corrected chi connectivity index (χ2v) is 18.9. The SMILES string of the molecule is CC(=O)NCC(CC(C)C)NC(=O)[C@H](Cc1cnc[nH]1)NC(=O)CNC(=O)[C@@H](NC(=O)[C@H](C)NC(=O)[C@H](Cc1cn(C=O)c2ccccc12)NC(=O)[C@H](Cc1cnc[nH]1)NC(=O)[C@H](CCC(N)=O)NC(C)=O)C(C)C. The normalized spacial score (nSPS) is 13.9. The number of imidazole rings is 2. The molecule has 406 valence electrons. The fourth-order valence-corrected chi connectivity index (χ4v) is 8.00. The van der Waals surface area contributed by atoms with Crippen molar-refractivity contribution in [2.45, 2.75) is 129 Å². The molecule has 4 aromatic rings. The highest BCUT2D eigenvalue weighted by molar-refractivity contribution is 5.98. The van der Waals surface area contributed by atoms with Crippen LogP contribution in [0.25, 0.3) is 10.9 Å². The molecule has 4 rings (SSSR count). The lowest BCUT2D eigenvalue weighted by Crippen LogP contribution is -2.60. The van der Waals surface area contributed by atoms with E-state index in [1.165, 1.54) is 56.6 Å². The van der Waals surface area contributed by atoms with Gasteiger partial charge in [0, 0.05) is 87.5 Å². The number of para-hydroxylation sites is 1. The van der Waals surface area contributed by atoms with Crippen molar-refractivity contribution in [2.24, 2.45) is 17.6 Å². The van der Waals surface area contributed by atoms with Gasteiger partial charge in [-0.1, -0.05) is 45.9 Å². The predicted octanol–water partition coefficient (Wildman–Crippen LogP) is -2.19. The number of hydrogen-bond acceptors (Lipinski definition) is 13. The minimum atomic E-state index is -1.47. The van der Waals surface area contributed by atoms with Crippen LogP contribution in [0.15, 0.2) is 55.5 Å². The zero-order valence-electron chi connectivity index (χ0n) is 43.0. The molecular weight excluding hydrogens is 975 g/mol. The summed E-state index contributed by atoms with van der Waals surface area (Å²) in [5.41, 5.74) is 7.20. The summed E-state index contributed by atoms with van der Waals surface area (Å²) in [4.78, 5) is 158. The minimum absolute atomic E-state index is 0.0172. The Kier molecular flexibility index (Phi) is 22.6. The first-order valence-electron chi connectivity index (χ1n) is 24.4. The summed E-state index contributed by atoms with van der Waals surface area (Å²) in [6.45, 7) is 10.6. The molecule has 0 aliphatic carbocycles. The predicted molar refractivity (Wildman–Crippen MR) is 272 cm³/mol. The van der Waals surface area contributed by atoms with E-state index in [2.05, 4.69) is 67.8 Å². The molecule has 0 aliphatic heterocycles. The minimum Gasteiger partial charge on any atom is -0.370 e. The lowest BCUT2D eigenvalue weighted by molar-refractivity contribution is -0.135. The zero-order valence-corrected chi connectivity index (χ0v) is 43.0. The first-order valence-corrected chi connectivity index (χ1v) is 24.4. The van der Waals surface area contributed by atoms with Crippen molar-refractivity contribution < 1.29 is 52.7 Å². The Morgan fingerprint density at radius 3 is 1.77 bits per heavy atom. The van der Waals surface area contributed by atoms with Gasteiger partial charge in [-0.25, -0.2) is 9.97 Å². The second kappa shape index (κ2) is 28.7. The molecule has 0 radical (unpaired) electrons. The number of carbonyl (C=O) groups is 11. The summed E-state index contributed by atoms with van der Waals surface area (Å²) < 4.78 is 1.30. The Bertz CT molecular complexity index is 2630. The average molecular weight is 1040 g/mol. The van der Waals surface area contributed by atoms with Crippen LogP contribution in [0.4, 0.5) is 0 Å². The van der Waals surface area contributed by atoms with Crippen LogP contribution in [0.3, 0.4) is 0 Å². The lowest BCUT2D eigenvalue weighted by Gasteiger charge is -2.27. The summed E-state index contributed by atoms with van der Waals surface area (Å²) in [7, 11) is 0. The van der Waals surface area contributed by atoms with Crippen LogP contribution < -0.4 is 53.6 Å². The number of amides is 10. The van der Waals surface area contributed by atoms with E-state index in [9.17, 15) is 52.7 Å². The topological polar surface area (TPSA) is 384 Å². The van der Waals surface area contributed by atoms with Crippen molar-refractivity contribution in [2.75, 3.05) is 13.1 Å². The molecule has 3 heterocycles. The molecule has 0 fully saturated rings. The van der Waals surface area contributed by atoms with Crippen LogP contribution >= 0.6 is 0 Å². The molecule has 3 aromatic heterocycles. The van der Waals surface area contributed by atoms with E-state index in [0.29, 0.717) is 40.7 Å². The summed E-state index contributed by atoms with van der Waals surface area (Å²) in [6, 6.07) is -1.48. The number of rotatable bonds is 30. The molecule has 0 bridgehead atoms. The molecule has 26 heteroatoms. The number of carbonyl (C=O) groups excluding carboxylic acids is 11. The van der Waals surface area contributed by atoms with Gasteiger partial charge < -0.3 is 63.6 Å². The number of fused-ring (bicyclic) bond motifs is 1. The number of benzene rings is 1. The Balaban J connectivity index is 1.51. The number of nitrogens with one attached hydrogen (secondary N) is 11. The fraction of sp³-hybridized carbons (Fsp3) is 0.490. The highest BCUT2D eigenvalue weighted by Crippen LogP contribution is 2.22. The summed E-state index contributed by atoms with van der Waals surface area (Å²) in [5, 5.41) is 24.2. The maximum absolute atomic E-state index is 14.3. The smallest absolute Gasteiger partial charge is 0.243 e. The molecule has 1 unspecified atom stereocenters. The van der Waals surface area contributed by atoms with E-state index in [1.807, 2.05) is 13.8 Å². The van der Waals surface area contributed by atoms with Crippen LogP contribution in [0, 0.1) is 11.8 Å². The van der Waals surface area contributed by atoms with Crippen molar-refractivity contribution in [3.05, 3.63) is 72.5 Å². The van der Waals surface area contributed by atoms with Gasteiger partial charge in [0.05, 0.1) is 24.7 Å². The summed E-state index contributed by atoms with van der Waals surface area (Å²) in [5.74, 6) is -7.42. The molecule has 0 saturated heterocycles. The first-order chi connectivity index (χ1) is 35.5. The Morgan fingerprint density at radius 2 is 1.23 bits per heavy atom. The maximum Gasteiger partial charge on any atom is 0.243 e. The van der Waals surface area contributed by atoms with Gasteiger partial charge in [-0.2, -0.15) is 0 Å². The van der Waals surface area contributed by atoms with Gasteiger partial charge in [0.15, 0.2) is 0 Å². The lowest BCUT2D eigenvalue weighted by atomic mass is 10.0. The van der Waals surface area contributed by atoms with Gasteiger partial charge in [0.1, 0.15) is 36.3 Å². The van der Waals surface area contributed by atoms with Gasteiger partial charge in [0.2, 0.25) is 65.5 Å². The van der Waals surface area contributed by atoms with E-state index >= 15 is 0 Å². The Labute approximate surface area is 432 Å². The largest absolute Gasteiger partial charge is 0.370 e. The van der Waals surface area contributed by atoms with Crippen LogP contribution in [0.1, 0.15) is 84.7 Å². The summed E-state index contributed by atoms with van der Waals surface area (Å²) >= 11 is 0. The van der Waals surface area contributed by atoms with Crippen LogP contribution in [-0.2, 0) is 72.0 Å². The molecular formula is C49H69N15O11. The van der Waals surface area contributed by atoms with E-state index < -0.39 is 108 Å². The molecule has 13 N–H and O–H groups in total. The van der Waals surface area contributed by atoms with Crippen molar-refractivity contribution in [1.29, 1.82) is 0 Å². The number of nitrogens with zero attached hydrogens (tertiary/aromatic N) is 3. The third-order valence-electron chi connectivity index (χ3n) is 11.7. The third kappa shape index (κ3) is 19.2. The van der Waals surface area contributed by atoms with Gasteiger partial charge >= 0.3 is 0 Å². The molecule has 7 atom stereocenters. The standard InChI is InChI=1S/C49H69N15O11/c1-26(2)14-34(20-53-29(6)66)59-47(73)38(16-32-18-51-23-55-32)60-42(69)21-54-49(75)43(27(3)4)63-44(70)28(5)57-46(72)37(15-31-22-64(25-65)40-11-9-8-10-35(31)40)61-48(74)39(17-33-19-52-24-56-33)62-45(71)36(58-30(7)67)12-13-41(50)68/h8-11,18-19,22-28,34,36-39,43H,12-17,20-21H2,1-7H3,(H2,50,68)(H,51,55)(H,52,56)(H,53,66)(H,54,75)(H,57,72)(H,58,67)(H,59,73)(H,60,69)(H,61,74)(H,62,71)(H,63,70)/t28-,34?,36-,37-,38-,39-,43-/m0/s1. The van der Waals surface area contributed by atoms with E-state index in [-0.39, 0.29) is 50.5 Å². The number of nitrogens with two attached hydrogens (primary N) is 1. The van der Waals surface area contributed by atoms with Crippen LogP contribution in [-0.4, -0.2) is 145 Å². The summed E-state index contributed by atoms with van der Waals surface area (Å²) in [6.07, 6.45) is 7.41. The average Bonchev–Trinajstić information content (AvgIpc) is 4.14. The highest BCUT2D eigenvalue weighted by Gasteiger charge is 2.34. The van der Waals surface area contributed by atoms with Gasteiger partial charge in [-0.05, 0) is 43.2 Å². The van der Waals surface area contributed by atoms with Gasteiger partial charge in [-0.15, -0.1) is 0 Å². The maximum atomic E-state index is 14.3. The third-order valence-corrected chi connectivity index (χ3v) is 11.7. The molecule has 0 spiro atoms. The van der Waals surface area contributed by atoms with Crippen molar-refractivity contribution in [3.8, 4) is 0 Å². The van der Waals surface area contributed by atoms with E-state index in [0.717, 1.165) is 0 Å². The first kappa shape index (κ1) is 59.1. The number of aromatic amines is 2. The molecule has 10 amide bonds. The highest BCUT2D eigenvalue weighted by atomic mass is 16.2. The van der Waals surface area contributed by atoms with E-state index in [1.54, 1.807) is 38.1 Å². The quantitative estimate of drug-likeness (QED) is 0.0247. The zero-order chi connectivity index (χ0) is 55.4. The van der Waals surface area contributed by atoms with Crippen LogP contribution in [0.5, 0.6) is 0 Å². The van der Waals surface area contributed by atoms with Crippen molar-refractivity contribution >= 4 is 76.4 Å². The van der Waals surface area contributed by atoms with Crippen molar-refractivity contribution in [3.63, 3.8) is 0 Å². The second-order valence-electron chi connectivity index (χ2n) is 18.9. The number of hydrogen-bond donors (Lipinski definition) is 12. The molecule has 0 aliphatic rings. The molecule has 1 aromatic carbocycles. The van der Waals surface area contributed by atoms with Crippen molar-refractivity contribution in [1.82, 2.24) is 72.4 Å². The van der Waals surface area contributed by atoms with Gasteiger partial charge in [0.25, 0.3) is 0 Å². The monoisotopic (exact) mass is 1040 g/mol. The van der Waals surface area contributed by atoms with Gasteiger partial charge in [-0.3, -0.25) is 57.3 Å². The fourth-order valence-electron chi connectivity index (χ4n) is 8.00. The van der Waals surface area contributed by atoms with Crippen LogP contribution in [0.2, 0.25) is 0 Å². The Hall–Kier alpha value is -8.45. The van der Waals surface area contributed by atoms with E-state index in [4.69, 9.17) is 5.73 Å². The Morgan fingerprint density at radius 1 is 0.653 bits per heavy atom. The number of primary amides is 1.